The molecule has 2 aromatic rings. The van der Waals surface area contributed by atoms with E-state index in [2.05, 4.69) is 22.2 Å². The molecule has 3 rings (SSSR count). The van der Waals surface area contributed by atoms with Crippen molar-refractivity contribution in [3.63, 3.8) is 0 Å². The van der Waals surface area contributed by atoms with Crippen molar-refractivity contribution in [3.05, 3.63) is 46.9 Å². The van der Waals surface area contributed by atoms with Crippen LogP contribution in [0.3, 0.4) is 0 Å². The maximum atomic E-state index is 12.9. The molecule has 0 aromatic carbocycles. The summed E-state index contributed by atoms with van der Waals surface area (Å²) in [6, 6.07) is 3.25. The Kier molecular flexibility index (Phi) is 5.60. The van der Waals surface area contributed by atoms with Crippen molar-refractivity contribution >= 4 is 34.9 Å². The van der Waals surface area contributed by atoms with Gasteiger partial charge in [-0.3, -0.25) is 14.6 Å². The highest BCUT2D eigenvalue weighted by molar-refractivity contribution is 6.39. The van der Waals surface area contributed by atoms with Crippen LogP contribution >= 0.6 is 11.6 Å². The number of pyridine rings is 2. The summed E-state index contributed by atoms with van der Waals surface area (Å²) in [6.45, 7) is 4.36. The number of nitrogens with two attached hydrogens (primary N) is 1. The summed E-state index contributed by atoms with van der Waals surface area (Å²) in [5.74, 6) is -0.584. The van der Waals surface area contributed by atoms with Crippen LogP contribution in [0.2, 0.25) is 5.02 Å². The fourth-order valence-corrected chi connectivity index (χ4v) is 3.49. The number of hydrogen-bond acceptors (Lipinski definition) is 5. The van der Waals surface area contributed by atoms with Gasteiger partial charge in [0.15, 0.2) is 0 Å². The second kappa shape index (κ2) is 7.92. The molecule has 7 nitrogen and oxygen atoms in total. The van der Waals surface area contributed by atoms with Crippen LogP contribution in [0.4, 0.5) is 11.5 Å². The molecule has 1 fully saturated rings. The number of halogens is 1. The van der Waals surface area contributed by atoms with Gasteiger partial charge in [-0.05, 0) is 48.9 Å². The number of aryl methyl sites for hydroxylation is 1. The molecule has 8 heteroatoms. The summed E-state index contributed by atoms with van der Waals surface area (Å²) in [5, 5.41) is 3.12. The minimum atomic E-state index is -0.699. The lowest BCUT2D eigenvalue weighted by atomic mass is 9.90. The largest absolute Gasteiger partial charge is 0.383 e. The van der Waals surface area contributed by atoms with Crippen molar-refractivity contribution in [1.82, 2.24) is 14.9 Å². The van der Waals surface area contributed by atoms with E-state index in [1.165, 1.54) is 6.20 Å². The molecule has 27 heavy (non-hydrogen) atoms. The summed E-state index contributed by atoms with van der Waals surface area (Å²) >= 11 is 6.06. The molecule has 1 saturated heterocycles. The quantitative estimate of drug-likeness (QED) is 0.771. The van der Waals surface area contributed by atoms with Gasteiger partial charge in [-0.1, -0.05) is 18.5 Å². The number of carbonyl (C=O) groups excluding carboxylic acids is 2. The third-order valence-electron chi connectivity index (χ3n) is 4.76. The van der Waals surface area contributed by atoms with Gasteiger partial charge < -0.3 is 16.0 Å². The Bertz CT molecular complexity index is 873. The predicted molar refractivity (Wildman–Crippen MR) is 104 cm³/mol. The van der Waals surface area contributed by atoms with Crippen molar-refractivity contribution in [2.75, 3.05) is 17.6 Å². The number of nitrogens with one attached hydrogen (secondary N) is 1. The summed E-state index contributed by atoms with van der Waals surface area (Å²) in [6.07, 6.45) is 6.39. The molecule has 2 amide bonds. The van der Waals surface area contributed by atoms with E-state index in [4.69, 9.17) is 17.3 Å². The Morgan fingerprint density at radius 3 is 2.74 bits per heavy atom. The molecule has 0 saturated carbocycles. The number of nitrogen functional groups attached to an aromatic ring is 1. The van der Waals surface area contributed by atoms with Crippen LogP contribution in [0.1, 0.15) is 36.9 Å². The zero-order valence-electron chi connectivity index (χ0n) is 15.3. The highest BCUT2D eigenvalue weighted by atomic mass is 35.5. The number of carbonyl (C=O) groups is 2. The zero-order valence-corrected chi connectivity index (χ0v) is 16.0. The van der Waals surface area contributed by atoms with Gasteiger partial charge in [0, 0.05) is 18.9 Å². The van der Waals surface area contributed by atoms with Crippen molar-refractivity contribution < 1.29 is 9.59 Å². The number of anilines is 2. The Labute approximate surface area is 162 Å². The summed E-state index contributed by atoms with van der Waals surface area (Å²) in [4.78, 5) is 35.2. The lowest BCUT2D eigenvalue weighted by Gasteiger charge is -2.38. The second-order valence-electron chi connectivity index (χ2n) is 6.97. The molecule has 3 N–H and O–H groups in total. The van der Waals surface area contributed by atoms with Crippen LogP contribution in [-0.4, -0.2) is 33.2 Å². The van der Waals surface area contributed by atoms with Crippen LogP contribution in [-0.2, 0) is 9.59 Å². The van der Waals surface area contributed by atoms with E-state index in [1.807, 2.05) is 0 Å². The number of piperidine rings is 1. The Hall–Kier alpha value is -2.67. The zero-order chi connectivity index (χ0) is 19.6. The van der Waals surface area contributed by atoms with Crippen molar-refractivity contribution in [3.8, 4) is 0 Å². The lowest BCUT2D eigenvalue weighted by molar-refractivity contribution is -0.146. The molecule has 0 aliphatic carbocycles. The van der Waals surface area contributed by atoms with E-state index < -0.39 is 11.8 Å². The monoisotopic (exact) mass is 387 g/mol. The predicted octanol–water partition coefficient (Wildman–Crippen LogP) is 2.96. The standard InChI is InChI=1S/C19H22ClN5O2/c1-11-3-4-16(13-6-14(20)8-22-7-13)25(10-11)19(27)18(26)24-15-5-12(2)17(21)23-9-15/h5-9,11,16H,3-4,10H2,1-2H3,(H2,21,23)(H,24,26)/t11-,16+/m1/s1. The van der Waals surface area contributed by atoms with E-state index in [9.17, 15) is 9.59 Å². The van der Waals surface area contributed by atoms with Crippen molar-refractivity contribution in [1.29, 1.82) is 0 Å². The average Bonchev–Trinajstić information content (AvgIpc) is 2.64. The molecular formula is C19H22ClN5O2. The lowest BCUT2D eigenvalue weighted by Crippen LogP contribution is -2.46. The summed E-state index contributed by atoms with van der Waals surface area (Å²) in [5.41, 5.74) is 7.69. The highest BCUT2D eigenvalue weighted by Gasteiger charge is 2.34. The number of likely N-dealkylation sites (tertiary alicyclic amines) is 1. The van der Waals surface area contributed by atoms with Gasteiger partial charge in [-0.2, -0.15) is 0 Å². The van der Waals surface area contributed by atoms with Crippen LogP contribution in [0.5, 0.6) is 0 Å². The Morgan fingerprint density at radius 1 is 1.26 bits per heavy atom. The van der Waals surface area contributed by atoms with Crippen LogP contribution in [0.15, 0.2) is 30.7 Å². The Morgan fingerprint density at radius 2 is 2.04 bits per heavy atom. The smallest absolute Gasteiger partial charge is 0.313 e. The van der Waals surface area contributed by atoms with Gasteiger partial charge in [0.1, 0.15) is 5.82 Å². The highest BCUT2D eigenvalue weighted by Crippen LogP contribution is 2.34. The van der Waals surface area contributed by atoms with Gasteiger partial charge in [0.25, 0.3) is 0 Å². The molecule has 142 valence electrons. The van der Waals surface area contributed by atoms with Gasteiger partial charge >= 0.3 is 11.8 Å². The first kappa shape index (κ1) is 19.1. The maximum Gasteiger partial charge on any atom is 0.313 e. The second-order valence-corrected chi connectivity index (χ2v) is 7.41. The number of hydrogen-bond donors (Lipinski definition) is 2. The van der Waals surface area contributed by atoms with Gasteiger partial charge in [0.2, 0.25) is 0 Å². The van der Waals surface area contributed by atoms with E-state index in [0.717, 1.165) is 24.0 Å². The molecule has 3 heterocycles. The molecule has 2 atom stereocenters. The average molecular weight is 388 g/mol. The van der Waals surface area contributed by atoms with Gasteiger partial charge in [-0.25, -0.2) is 4.98 Å². The van der Waals surface area contributed by atoms with Crippen LogP contribution < -0.4 is 11.1 Å². The SMILES string of the molecule is Cc1cc(NC(=O)C(=O)N2C[C@H](C)CC[C@H]2c2cncc(Cl)c2)cnc1N. The molecule has 0 radical (unpaired) electrons. The van der Waals surface area contributed by atoms with E-state index in [0.29, 0.717) is 29.0 Å². The first-order valence-electron chi connectivity index (χ1n) is 8.79. The summed E-state index contributed by atoms with van der Waals surface area (Å²) in [7, 11) is 0. The van der Waals surface area contributed by atoms with Gasteiger partial charge in [0.05, 0.1) is 22.9 Å². The third kappa shape index (κ3) is 4.36. The fourth-order valence-electron chi connectivity index (χ4n) is 3.30. The minimum Gasteiger partial charge on any atom is -0.383 e. The van der Waals surface area contributed by atoms with E-state index in [1.54, 1.807) is 36.4 Å². The number of amides is 2. The molecular weight excluding hydrogens is 366 g/mol. The Balaban J connectivity index is 1.80. The van der Waals surface area contributed by atoms with Crippen LogP contribution in [0, 0.1) is 12.8 Å². The number of aromatic nitrogens is 2. The normalized spacial score (nSPS) is 19.6. The molecule has 2 aromatic heterocycles. The molecule has 1 aliphatic rings. The molecule has 0 bridgehead atoms. The molecule has 1 aliphatic heterocycles. The maximum absolute atomic E-state index is 12.9. The third-order valence-corrected chi connectivity index (χ3v) is 4.97. The topological polar surface area (TPSA) is 101 Å². The van der Waals surface area contributed by atoms with Crippen LogP contribution in [0.25, 0.3) is 0 Å². The number of rotatable bonds is 2. The van der Waals surface area contributed by atoms with E-state index >= 15 is 0 Å². The van der Waals surface area contributed by atoms with Crippen molar-refractivity contribution in [2.45, 2.75) is 32.7 Å². The minimum absolute atomic E-state index is 0.225. The number of nitrogens with zero attached hydrogens (tertiary/aromatic N) is 3. The summed E-state index contributed by atoms with van der Waals surface area (Å²) < 4.78 is 0. The first-order valence-corrected chi connectivity index (χ1v) is 9.17. The van der Waals surface area contributed by atoms with Gasteiger partial charge in [-0.15, -0.1) is 0 Å². The fraction of sp³-hybridized carbons (Fsp3) is 0.368. The molecule has 0 unspecified atom stereocenters. The van der Waals surface area contributed by atoms with Crippen molar-refractivity contribution in [2.24, 2.45) is 5.92 Å². The first-order chi connectivity index (χ1) is 12.8. The molecule has 0 spiro atoms. The van der Waals surface area contributed by atoms with E-state index in [-0.39, 0.29) is 6.04 Å².